The Morgan fingerprint density at radius 3 is 2.56 bits per heavy atom. The van der Waals surface area contributed by atoms with Gasteiger partial charge in [-0.15, -0.1) is 0 Å². The number of carbonyl (C=O) groups excluding carboxylic acids is 2. The van der Waals surface area contributed by atoms with Crippen molar-refractivity contribution in [3.63, 3.8) is 0 Å². The third-order valence-corrected chi connectivity index (χ3v) is 9.21. The zero-order valence-corrected chi connectivity index (χ0v) is 22.8. The van der Waals surface area contributed by atoms with Crippen LogP contribution in [0.1, 0.15) is 25.3 Å². The average Bonchev–Trinajstić information content (AvgIpc) is 3.51. The summed E-state index contributed by atoms with van der Waals surface area (Å²) >= 11 is 1.08. The van der Waals surface area contributed by atoms with E-state index in [0.717, 1.165) is 17.4 Å². The van der Waals surface area contributed by atoms with Crippen LogP contribution in [0.15, 0.2) is 75.6 Å². The van der Waals surface area contributed by atoms with Gasteiger partial charge in [0.1, 0.15) is 5.69 Å². The number of esters is 1. The minimum Gasteiger partial charge on any atom is -0.466 e. The van der Waals surface area contributed by atoms with Crippen molar-refractivity contribution in [2.45, 2.75) is 24.7 Å². The van der Waals surface area contributed by atoms with Crippen LogP contribution >= 0.6 is 11.8 Å². The molecule has 0 saturated carbocycles. The maximum Gasteiger partial charge on any atom is 0.309 e. The first-order valence-electron chi connectivity index (χ1n) is 12.5. The predicted octanol–water partition coefficient (Wildman–Crippen LogP) is 3.43. The van der Waals surface area contributed by atoms with Gasteiger partial charge in [-0.1, -0.05) is 30.3 Å². The van der Waals surface area contributed by atoms with E-state index in [1.54, 1.807) is 48.1 Å². The Balaban J connectivity index is 1.47. The number of nitrogens with zero attached hydrogens (tertiary/aromatic N) is 4. The van der Waals surface area contributed by atoms with Gasteiger partial charge in [-0.05, 0) is 61.9 Å². The highest BCUT2D eigenvalue weighted by molar-refractivity contribution is 8.18. The van der Waals surface area contributed by atoms with Gasteiger partial charge in [0, 0.05) is 30.4 Å². The number of hydrogen-bond acceptors (Lipinski definition) is 8. The molecule has 0 bridgehead atoms. The number of aliphatic imine (C=N–C) groups is 1. The van der Waals surface area contributed by atoms with Gasteiger partial charge in [0.05, 0.1) is 28.0 Å². The summed E-state index contributed by atoms with van der Waals surface area (Å²) in [5.41, 5.74) is 8.22. The quantitative estimate of drug-likeness (QED) is 0.340. The van der Waals surface area contributed by atoms with Crippen LogP contribution in [0.3, 0.4) is 0 Å². The topological polar surface area (TPSA) is 137 Å². The second kappa shape index (κ2) is 11.2. The van der Waals surface area contributed by atoms with Gasteiger partial charge in [0.2, 0.25) is 10.0 Å². The molecular weight excluding hydrogens is 538 g/mol. The molecule has 1 saturated heterocycles. The first-order valence-corrected chi connectivity index (χ1v) is 14.7. The fourth-order valence-corrected chi connectivity index (χ4v) is 6.73. The number of piperidine rings is 1. The van der Waals surface area contributed by atoms with Gasteiger partial charge >= 0.3 is 5.97 Å². The molecule has 202 valence electrons. The molecule has 2 aliphatic rings. The molecule has 2 N–H and O–H groups in total. The molecule has 1 fully saturated rings. The Morgan fingerprint density at radius 1 is 1.15 bits per heavy atom. The van der Waals surface area contributed by atoms with Crippen molar-refractivity contribution in [3.05, 3.63) is 71.3 Å². The van der Waals surface area contributed by atoms with Crippen LogP contribution in [-0.4, -0.2) is 59.2 Å². The SMILES string of the molecule is CCOC(=O)C1CCN(S(=O)(=O)c2cccc(-c3nn(-c4ccccc4)cc3C=C3SC(N)=NC3=O)c2)CC1. The van der Waals surface area contributed by atoms with E-state index in [4.69, 9.17) is 15.6 Å². The van der Waals surface area contributed by atoms with Gasteiger partial charge in [0.25, 0.3) is 5.91 Å². The van der Waals surface area contributed by atoms with Crippen molar-refractivity contribution in [2.24, 2.45) is 16.6 Å². The molecule has 5 rings (SSSR count). The summed E-state index contributed by atoms with van der Waals surface area (Å²) in [4.78, 5) is 28.6. The number of amidine groups is 1. The molecule has 1 aromatic heterocycles. The van der Waals surface area contributed by atoms with E-state index >= 15 is 0 Å². The number of sulfonamides is 1. The standard InChI is InChI=1S/C27H27N5O5S2/c1-2-37-26(34)18-11-13-31(14-12-18)39(35,36)22-10-6-7-19(15-22)24-20(16-23-25(33)29-27(28)38-23)17-32(30-24)21-8-4-3-5-9-21/h3-10,15-18H,2,11-14H2,1H3,(H2,28,29,33). The second-order valence-electron chi connectivity index (χ2n) is 9.04. The highest BCUT2D eigenvalue weighted by Gasteiger charge is 2.33. The minimum atomic E-state index is -3.81. The number of hydrogen-bond donors (Lipinski definition) is 1. The monoisotopic (exact) mass is 565 g/mol. The van der Waals surface area contributed by atoms with E-state index in [0.29, 0.717) is 41.2 Å². The summed E-state index contributed by atoms with van der Waals surface area (Å²) in [5.74, 6) is -1.01. The summed E-state index contributed by atoms with van der Waals surface area (Å²) in [6.07, 6.45) is 4.27. The Bertz CT molecular complexity index is 1570. The van der Waals surface area contributed by atoms with Crippen molar-refractivity contribution in [2.75, 3.05) is 19.7 Å². The van der Waals surface area contributed by atoms with Crippen LogP contribution < -0.4 is 5.73 Å². The molecule has 12 heteroatoms. The van der Waals surface area contributed by atoms with Crippen LogP contribution in [0.5, 0.6) is 0 Å². The molecule has 0 unspecified atom stereocenters. The zero-order chi connectivity index (χ0) is 27.6. The van der Waals surface area contributed by atoms with E-state index in [2.05, 4.69) is 4.99 Å². The lowest BCUT2D eigenvalue weighted by atomic mass is 9.98. The van der Waals surface area contributed by atoms with Crippen LogP contribution in [0.25, 0.3) is 23.0 Å². The molecule has 3 aromatic rings. The first kappa shape index (κ1) is 26.9. The molecule has 3 heterocycles. The summed E-state index contributed by atoms with van der Waals surface area (Å²) in [5, 5.41) is 4.91. The molecule has 0 aliphatic carbocycles. The minimum absolute atomic E-state index is 0.126. The Hall–Kier alpha value is -3.74. The third kappa shape index (κ3) is 5.68. The molecular formula is C27H27N5O5S2. The fraction of sp³-hybridized carbons (Fsp3) is 0.259. The van der Waals surface area contributed by atoms with Gasteiger partial charge in [-0.25, -0.2) is 13.1 Å². The lowest BCUT2D eigenvalue weighted by molar-refractivity contribution is -0.149. The molecule has 1 amide bonds. The number of amides is 1. The van der Waals surface area contributed by atoms with Crippen molar-refractivity contribution < 1.29 is 22.7 Å². The first-order chi connectivity index (χ1) is 18.8. The predicted molar refractivity (Wildman–Crippen MR) is 149 cm³/mol. The number of benzene rings is 2. The number of thioether (sulfide) groups is 1. The summed E-state index contributed by atoms with van der Waals surface area (Å²) in [6.45, 7) is 2.52. The lowest BCUT2D eigenvalue weighted by Gasteiger charge is -2.30. The van der Waals surface area contributed by atoms with Gasteiger partial charge in [0.15, 0.2) is 5.17 Å². The Morgan fingerprint density at radius 2 is 1.90 bits per heavy atom. The highest BCUT2D eigenvalue weighted by Crippen LogP contribution is 2.33. The number of rotatable bonds is 7. The van der Waals surface area contributed by atoms with Crippen molar-refractivity contribution in [3.8, 4) is 16.9 Å². The van der Waals surface area contributed by atoms with Crippen LogP contribution in [0, 0.1) is 5.92 Å². The normalized spacial score (nSPS) is 17.9. The number of nitrogens with two attached hydrogens (primary N) is 1. The summed E-state index contributed by atoms with van der Waals surface area (Å²) in [7, 11) is -3.81. The summed E-state index contributed by atoms with van der Waals surface area (Å²) in [6, 6.07) is 16.0. The van der Waals surface area contributed by atoms with Crippen LogP contribution in [-0.2, 0) is 24.3 Å². The maximum absolute atomic E-state index is 13.5. The lowest BCUT2D eigenvalue weighted by Crippen LogP contribution is -2.40. The van der Waals surface area contributed by atoms with Crippen LogP contribution in [0.2, 0.25) is 0 Å². The number of aromatic nitrogens is 2. The molecule has 10 nitrogen and oxygen atoms in total. The second-order valence-corrected chi connectivity index (χ2v) is 12.0. The van der Waals surface area contributed by atoms with Crippen molar-refractivity contribution in [1.82, 2.24) is 14.1 Å². The smallest absolute Gasteiger partial charge is 0.309 e. The van der Waals surface area contributed by atoms with E-state index in [9.17, 15) is 18.0 Å². The summed E-state index contributed by atoms with van der Waals surface area (Å²) < 4.78 is 35.3. The largest absolute Gasteiger partial charge is 0.466 e. The van der Waals surface area contributed by atoms with Crippen molar-refractivity contribution in [1.29, 1.82) is 0 Å². The highest BCUT2D eigenvalue weighted by atomic mass is 32.2. The number of para-hydroxylation sites is 1. The Kier molecular flexibility index (Phi) is 7.69. The Labute approximate surface area is 230 Å². The van der Waals surface area contributed by atoms with E-state index in [-0.39, 0.29) is 35.0 Å². The molecule has 0 atom stereocenters. The average molecular weight is 566 g/mol. The molecule has 2 aromatic carbocycles. The van der Waals surface area contributed by atoms with E-state index in [1.165, 1.54) is 4.31 Å². The fourth-order valence-electron chi connectivity index (χ4n) is 4.54. The maximum atomic E-state index is 13.5. The number of ether oxygens (including phenoxy) is 1. The zero-order valence-electron chi connectivity index (χ0n) is 21.2. The van der Waals surface area contributed by atoms with Gasteiger partial charge in [-0.2, -0.15) is 14.4 Å². The van der Waals surface area contributed by atoms with Gasteiger partial charge in [-0.3, -0.25) is 9.59 Å². The van der Waals surface area contributed by atoms with Crippen LogP contribution in [0.4, 0.5) is 0 Å². The molecule has 0 spiro atoms. The molecule has 39 heavy (non-hydrogen) atoms. The number of carbonyl (C=O) groups is 2. The van der Waals surface area contributed by atoms with Gasteiger partial charge < -0.3 is 10.5 Å². The van der Waals surface area contributed by atoms with E-state index < -0.39 is 15.9 Å². The van der Waals surface area contributed by atoms with E-state index in [1.807, 2.05) is 30.3 Å². The van der Waals surface area contributed by atoms with Crippen molar-refractivity contribution >= 4 is 44.9 Å². The molecule has 0 radical (unpaired) electrons. The molecule has 2 aliphatic heterocycles. The third-order valence-electron chi connectivity index (χ3n) is 6.51.